The van der Waals surface area contributed by atoms with Crippen molar-refractivity contribution in [3.05, 3.63) is 29.3 Å². The summed E-state index contributed by atoms with van der Waals surface area (Å²) in [5, 5.41) is 28.4. The van der Waals surface area contributed by atoms with Crippen LogP contribution in [0.4, 0.5) is 4.79 Å². The van der Waals surface area contributed by atoms with Crippen LogP contribution >= 0.6 is 0 Å². The van der Waals surface area contributed by atoms with E-state index in [0.717, 1.165) is 25.7 Å². The molecule has 3 rings (SSSR count). The number of para-hydroxylation sites is 1. The molecule has 0 aromatic heterocycles. The van der Waals surface area contributed by atoms with Crippen molar-refractivity contribution in [2.75, 3.05) is 20.2 Å². The van der Waals surface area contributed by atoms with Crippen molar-refractivity contribution in [1.29, 1.82) is 0 Å². The summed E-state index contributed by atoms with van der Waals surface area (Å²) in [7, 11) is 0.0292. The molecule has 2 aliphatic rings. The molecule has 1 aliphatic heterocycles. The van der Waals surface area contributed by atoms with E-state index in [1.807, 2.05) is 0 Å². The molecule has 1 fully saturated rings. The number of carboxylic acids is 1. The van der Waals surface area contributed by atoms with Gasteiger partial charge in [0, 0.05) is 25.6 Å². The van der Waals surface area contributed by atoms with Crippen molar-refractivity contribution in [1.82, 2.24) is 16.0 Å². The highest BCUT2D eigenvalue weighted by Crippen LogP contribution is 2.31. The first-order chi connectivity index (χ1) is 15.4. The van der Waals surface area contributed by atoms with Crippen LogP contribution in [0.3, 0.4) is 0 Å². The lowest BCUT2D eigenvalue weighted by molar-refractivity contribution is -0.122. The molecule has 1 aromatic rings. The molecule has 1 aromatic carbocycles. The number of aromatic carboxylic acids is 1. The minimum atomic E-state index is -1.30. The van der Waals surface area contributed by atoms with Gasteiger partial charge in [0.1, 0.15) is 5.75 Å². The molecule has 2 amide bonds. The molecular formula is C21H30BN3O7. The Bertz CT molecular complexity index is 830. The highest BCUT2D eigenvalue weighted by atomic mass is 16.5. The third-order valence-electron chi connectivity index (χ3n) is 6.03. The number of rotatable bonds is 8. The summed E-state index contributed by atoms with van der Waals surface area (Å²) in [4.78, 5) is 34.9. The van der Waals surface area contributed by atoms with E-state index in [2.05, 4.69) is 20.7 Å². The number of methoxy groups -OCH3 is 1. The van der Waals surface area contributed by atoms with Crippen LogP contribution in [0, 0.1) is 5.92 Å². The smallest absolute Gasteiger partial charge is 0.534 e. The highest BCUT2D eigenvalue weighted by molar-refractivity contribution is 6.47. The lowest BCUT2D eigenvalue weighted by Gasteiger charge is -2.31. The van der Waals surface area contributed by atoms with Crippen LogP contribution in [-0.2, 0) is 16.0 Å². The average molecular weight is 447 g/mol. The van der Waals surface area contributed by atoms with Crippen molar-refractivity contribution in [2.45, 2.75) is 50.5 Å². The van der Waals surface area contributed by atoms with E-state index in [1.54, 1.807) is 12.1 Å². The Balaban J connectivity index is 1.40. The Labute approximate surface area is 187 Å². The Kier molecular flexibility index (Phi) is 8.35. The molecule has 0 saturated heterocycles. The molecule has 1 atom stereocenters. The number of hydrogen-bond donors (Lipinski definition) is 5. The lowest BCUT2D eigenvalue weighted by Crippen LogP contribution is -2.53. The summed E-state index contributed by atoms with van der Waals surface area (Å²) in [6, 6.07) is 5.15. The zero-order valence-electron chi connectivity index (χ0n) is 18.1. The summed E-state index contributed by atoms with van der Waals surface area (Å²) in [6.07, 6.45) is 3.99. The Morgan fingerprint density at radius 1 is 1.19 bits per heavy atom. The second-order valence-corrected chi connectivity index (χ2v) is 8.28. The normalized spacial score (nSPS) is 22.3. The number of nitrogens with one attached hydrogen (secondary N) is 3. The number of fused-ring (bicyclic) bond motifs is 1. The first kappa shape index (κ1) is 23.9. The topological polar surface area (TPSA) is 146 Å². The molecular weight excluding hydrogens is 417 g/mol. The van der Waals surface area contributed by atoms with Gasteiger partial charge >= 0.3 is 19.2 Å². The number of benzene rings is 1. The predicted molar refractivity (Wildman–Crippen MR) is 116 cm³/mol. The summed E-state index contributed by atoms with van der Waals surface area (Å²) >= 11 is 0. The Hall–Kier alpha value is -2.79. The maximum absolute atomic E-state index is 12.6. The number of carboxylic acid groups (broad SMARTS) is 1. The van der Waals surface area contributed by atoms with Crippen molar-refractivity contribution in [3.63, 3.8) is 0 Å². The van der Waals surface area contributed by atoms with Gasteiger partial charge in [-0.2, -0.15) is 0 Å². The van der Waals surface area contributed by atoms with Gasteiger partial charge in [-0.05, 0) is 49.7 Å². The van der Waals surface area contributed by atoms with E-state index in [1.165, 1.54) is 13.2 Å². The molecule has 0 spiro atoms. The second kappa shape index (κ2) is 11.2. The minimum Gasteiger partial charge on any atom is -0.534 e. The van der Waals surface area contributed by atoms with Gasteiger partial charge in [0.25, 0.3) is 0 Å². The fourth-order valence-corrected chi connectivity index (χ4v) is 4.33. The largest absolute Gasteiger partial charge is 0.547 e. The number of alkyl carbamates (subject to hydrolysis) is 1. The van der Waals surface area contributed by atoms with E-state index >= 15 is 0 Å². The first-order valence-corrected chi connectivity index (χ1v) is 10.9. The molecule has 1 saturated carbocycles. The van der Waals surface area contributed by atoms with E-state index in [9.17, 15) is 24.5 Å². The fraction of sp³-hybridized carbons (Fsp3) is 0.571. The molecule has 1 heterocycles. The summed E-state index contributed by atoms with van der Waals surface area (Å²) in [6.45, 7) is 1.16. The molecule has 0 unspecified atom stereocenters. The van der Waals surface area contributed by atoms with Crippen molar-refractivity contribution in [2.24, 2.45) is 5.92 Å². The van der Waals surface area contributed by atoms with E-state index in [-0.39, 0.29) is 23.1 Å². The second-order valence-electron chi connectivity index (χ2n) is 8.28. The molecule has 32 heavy (non-hydrogen) atoms. The average Bonchev–Trinajstić information content (AvgIpc) is 2.77. The molecule has 1 aliphatic carbocycles. The van der Waals surface area contributed by atoms with Crippen molar-refractivity contribution >= 4 is 25.1 Å². The van der Waals surface area contributed by atoms with Gasteiger partial charge < -0.3 is 35.5 Å². The summed E-state index contributed by atoms with van der Waals surface area (Å²) < 4.78 is 9.95. The number of ether oxygens (including phenoxy) is 1. The van der Waals surface area contributed by atoms with Gasteiger partial charge in [-0.15, -0.1) is 0 Å². The number of carbonyl (C=O) groups is 3. The fourth-order valence-electron chi connectivity index (χ4n) is 4.33. The number of amides is 2. The third-order valence-corrected chi connectivity index (χ3v) is 6.03. The highest BCUT2D eigenvalue weighted by Gasteiger charge is 2.38. The lowest BCUT2D eigenvalue weighted by atomic mass is 9.72. The van der Waals surface area contributed by atoms with E-state index in [4.69, 9.17) is 4.65 Å². The number of hydrogen-bond acceptors (Lipinski definition) is 7. The first-order valence-electron chi connectivity index (χ1n) is 10.9. The molecule has 0 radical (unpaired) electrons. The van der Waals surface area contributed by atoms with Crippen LogP contribution in [0.25, 0.3) is 0 Å². The maximum atomic E-state index is 12.6. The Morgan fingerprint density at radius 3 is 2.62 bits per heavy atom. The van der Waals surface area contributed by atoms with Crippen LogP contribution < -0.4 is 20.6 Å². The summed E-state index contributed by atoms with van der Waals surface area (Å²) in [5.74, 6) is -1.46. The molecule has 10 nitrogen and oxygen atoms in total. The van der Waals surface area contributed by atoms with Gasteiger partial charge in [-0.1, -0.05) is 12.1 Å². The number of carbonyl (C=O) groups excluding carboxylic acids is 2. The van der Waals surface area contributed by atoms with Crippen LogP contribution in [0.2, 0.25) is 0 Å². The molecule has 11 heteroatoms. The predicted octanol–water partition coefficient (Wildman–Crippen LogP) is 0.719. The van der Waals surface area contributed by atoms with Crippen LogP contribution in [0.15, 0.2) is 18.2 Å². The minimum absolute atomic E-state index is 0.00206. The molecule has 5 N–H and O–H groups in total. The van der Waals surface area contributed by atoms with Gasteiger partial charge in [0.2, 0.25) is 5.91 Å². The molecule has 0 bridgehead atoms. The quantitative estimate of drug-likeness (QED) is 0.290. The van der Waals surface area contributed by atoms with Crippen LogP contribution in [-0.4, -0.2) is 67.4 Å². The zero-order chi connectivity index (χ0) is 23.1. The van der Waals surface area contributed by atoms with Gasteiger partial charge in [-0.25, -0.2) is 9.59 Å². The summed E-state index contributed by atoms with van der Waals surface area (Å²) in [5.41, 5.74) is 0.645. The third kappa shape index (κ3) is 6.36. The van der Waals surface area contributed by atoms with E-state index < -0.39 is 25.1 Å². The van der Waals surface area contributed by atoms with Gasteiger partial charge in [0.05, 0.1) is 18.6 Å². The van der Waals surface area contributed by atoms with Crippen LogP contribution in [0.1, 0.15) is 48.0 Å². The van der Waals surface area contributed by atoms with Crippen molar-refractivity contribution < 1.29 is 33.9 Å². The SMILES string of the molecule is COC(=O)NCCN[C@H]1CC[C@H](CC(=O)N[C@H]2Cc3cccc(C(=O)O)c3OB2O)CC1. The van der Waals surface area contributed by atoms with Gasteiger partial charge in [0.15, 0.2) is 0 Å². The molecule has 174 valence electrons. The van der Waals surface area contributed by atoms with Crippen molar-refractivity contribution in [3.8, 4) is 5.75 Å². The zero-order valence-corrected chi connectivity index (χ0v) is 18.1. The van der Waals surface area contributed by atoms with E-state index in [0.29, 0.717) is 37.5 Å². The Morgan fingerprint density at radius 2 is 1.94 bits per heavy atom. The standard InChI is InChI=1S/C21H30BN3O7/c1-31-21(29)24-10-9-23-15-7-5-13(6-8-15)11-18(26)25-17-12-14-3-2-4-16(20(27)28)19(14)32-22(17)30/h2-4,13,15,17,23,30H,5-12H2,1H3,(H,24,29)(H,25,26)(H,27,28)/t13-,15-,17-/m0/s1. The monoisotopic (exact) mass is 447 g/mol. The van der Waals surface area contributed by atoms with Gasteiger partial charge in [-0.3, -0.25) is 4.79 Å². The maximum Gasteiger partial charge on any atom is 0.547 e. The van der Waals surface area contributed by atoms with Crippen LogP contribution in [0.5, 0.6) is 5.75 Å².